The summed E-state index contributed by atoms with van der Waals surface area (Å²) in [5.74, 6) is 0. The van der Waals surface area contributed by atoms with Gasteiger partial charge in [-0.15, -0.1) is 0 Å². The van der Waals surface area contributed by atoms with Gasteiger partial charge in [-0.2, -0.15) is 5.10 Å². The molecule has 102 valence electrons. The van der Waals surface area contributed by atoms with Crippen molar-refractivity contribution in [1.29, 1.82) is 0 Å². The first-order valence-corrected chi connectivity index (χ1v) is 7.43. The number of nitrogens with one attached hydrogen (secondary N) is 2. The molecular weight excluding hydrogens is 383 g/mol. The third-order valence-corrected chi connectivity index (χ3v) is 3.62. The van der Waals surface area contributed by atoms with Crippen LogP contribution >= 0.6 is 34.8 Å². The number of halogens is 1. The summed E-state index contributed by atoms with van der Waals surface area (Å²) in [6.45, 7) is 1.88. The summed E-state index contributed by atoms with van der Waals surface area (Å²) in [6, 6.07) is 13.6. The molecule has 0 amide bonds. The Hall–Kier alpha value is -1.54. The maximum Gasteiger partial charge on any atom is 0.191 e. The minimum atomic E-state index is 0.449. The van der Waals surface area contributed by atoms with Crippen LogP contribution in [0.25, 0.3) is 0 Å². The maximum absolute atomic E-state index is 5.21. The Bertz CT molecular complexity index is 628. The minimum absolute atomic E-state index is 0.449. The number of benzene rings is 1. The van der Waals surface area contributed by atoms with Crippen molar-refractivity contribution in [2.45, 2.75) is 6.92 Å². The summed E-state index contributed by atoms with van der Waals surface area (Å²) in [5.41, 5.74) is 5.37. The lowest BCUT2D eigenvalue weighted by atomic mass is 10.3. The van der Waals surface area contributed by atoms with Crippen LogP contribution in [0.4, 0.5) is 5.69 Å². The van der Waals surface area contributed by atoms with Gasteiger partial charge in [-0.25, -0.2) is 0 Å². The zero-order chi connectivity index (χ0) is 14.4. The molecule has 0 radical (unpaired) electrons. The van der Waals surface area contributed by atoms with Crippen LogP contribution in [0.15, 0.2) is 53.8 Å². The van der Waals surface area contributed by atoms with Crippen LogP contribution in [0.3, 0.4) is 0 Å². The van der Waals surface area contributed by atoms with Crippen molar-refractivity contribution < 1.29 is 0 Å². The summed E-state index contributed by atoms with van der Waals surface area (Å²) >= 11 is 7.46. The molecule has 20 heavy (non-hydrogen) atoms. The Morgan fingerprint density at radius 1 is 1.20 bits per heavy atom. The summed E-state index contributed by atoms with van der Waals surface area (Å²) in [4.78, 5) is 4.22. The van der Waals surface area contributed by atoms with E-state index in [0.29, 0.717) is 5.11 Å². The standard InChI is InChI=1S/C14H13IN4S/c1-10(12-7-4-5-9-16-12)18-19-14(20)17-13-8-3-2-6-11(13)15/h2-9H,1H3,(H2,17,19,20)/b18-10+. The summed E-state index contributed by atoms with van der Waals surface area (Å²) in [6.07, 6.45) is 1.73. The predicted octanol–water partition coefficient (Wildman–Crippen LogP) is 3.40. The van der Waals surface area contributed by atoms with Crippen molar-refractivity contribution >= 4 is 51.3 Å². The highest BCUT2D eigenvalue weighted by Crippen LogP contribution is 2.16. The van der Waals surface area contributed by atoms with E-state index in [0.717, 1.165) is 20.7 Å². The molecule has 0 unspecified atom stereocenters. The summed E-state index contributed by atoms with van der Waals surface area (Å²) in [7, 11) is 0. The maximum atomic E-state index is 5.21. The molecule has 0 bridgehead atoms. The van der Waals surface area contributed by atoms with Crippen LogP contribution in [0.5, 0.6) is 0 Å². The number of anilines is 1. The smallest absolute Gasteiger partial charge is 0.191 e. The van der Waals surface area contributed by atoms with Crippen molar-refractivity contribution in [3.63, 3.8) is 0 Å². The lowest BCUT2D eigenvalue weighted by Gasteiger charge is -2.09. The highest BCUT2D eigenvalue weighted by Gasteiger charge is 2.01. The molecule has 1 aromatic heterocycles. The molecule has 2 aromatic rings. The van der Waals surface area contributed by atoms with Crippen LogP contribution < -0.4 is 10.7 Å². The zero-order valence-electron chi connectivity index (χ0n) is 10.8. The highest BCUT2D eigenvalue weighted by atomic mass is 127. The van der Waals surface area contributed by atoms with E-state index >= 15 is 0 Å². The van der Waals surface area contributed by atoms with E-state index in [4.69, 9.17) is 12.2 Å². The van der Waals surface area contributed by atoms with Crippen molar-refractivity contribution in [2.24, 2.45) is 5.10 Å². The van der Waals surface area contributed by atoms with E-state index in [1.807, 2.05) is 49.4 Å². The van der Waals surface area contributed by atoms with Gasteiger partial charge in [0.05, 0.1) is 17.1 Å². The van der Waals surface area contributed by atoms with Crippen LogP contribution in [0.2, 0.25) is 0 Å². The van der Waals surface area contributed by atoms with Gasteiger partial charge < -0.3 is 5.32 Å². The molecule has 0 saturated carbocycles. The fourth-order valence-electron chi connectivity index (χ4n) is 1.48. The molecule has 0 saturated heterocycles. The highest BCUT2D eigenvalue weighted by molar-refractivity contribution is 14.1. The Kier molecular flexibility index (Phi) is 5.42. The second-order valence-corrected chi connectivity index (χ2v) is 5.53. The Balaban J connectivity index is 1.97. The van der Waals surface area contributed by atoms with Crippen LogP contribution in [-0.2, 0) is 0 Å². The molecule has 4 nitrogen and oxygen atoms in total. The first kappa shape index (κ1) is 14.9. The second-order valence-electron chi connectivity index (χ2n) is 3.96. The number of pyridine rings is 1. The number of hydrogen-bond donors (Lipinski definition) is 2. The molecule has 6 heteroatoms. The first-order valence-electron chi connectivity index (χ1n) is 5.94. The van der Waals surface area contributed by atoms with Gasteiger partial charge in [-0.1, -0.05) is 18.2 Å². The van der Waals surface area contributed by atoms with Gasteiger partial charge in [0.15, 0.2) is 5.11 Å². The number of nitrogens with zero attached hydrogens (tertiary/aromatic N) is 2. The Labute approximate surface area is 136 Å². The fourth-order valence-corrected chi connectivity index (χ4v) is 2.16. The minimum Gasteiger partial charge on any atom is -0.330 e. The molecule has 1 aromatic carbocycles. The van der Waals surface area contributed by atoms with Crippen LogP contribution in [0, 0.1) is 3.57 Å². The lowest BCUT2D eigenvalue weighted by molar-refractivity contribution is 1.03. The number of aromatic nitrogens is 1. The molecule has 1 heterocycles. The van der Waals surface area contributed by atoms with Gasteiger partial charge in [-0.05, 0) is 66.0 Å². The second kappa shape index (κ2) is 7.30. The number of rotatable bonds is 3. The zero-order valence-corrected chi connectivity index (χ0v) is 13.8. The van der Waals surface area contributed by atoms with Crippen molar-refractivity contribution in [1.82, 2.24) is 10.4 Å². The molecule has 0 fully saturated rings. The molecule has 0 atom stereocenters. The van der Waals surface area contributed by atoms with Crippen molar-refractivity contribution in [2.75, 3.05) is 5.32 Å². The molecule has 0 aliphatic carbocycles. The molecule has 2 N–H and O–H groups in total. The van der Waals surface area contributed by atoms with E-state index in [9.17, 15) is 0 Å². The number of hydrogen-bond acceptors (Lipinski definition) is 3. The van der Waals surface area contributed by atoms with Gasteiger partial charge in [0, 0.05) is 9.77 Å². The molecule has 0 aliphatic rings. The number of para-hydroxylation sites is 1. The van der Waals surface area contributed by atoms with E-state index in [1.54, 1.807) is 6.20 Å². The van der Waals surface area contributed by atoms with Gasteiger partial charge in [0.2, 0.25) is 0 Å². The summed E-state index contributed by atoms with van der Waals surface area (Å²) in [5, 5.41) is 7.77. The van der Waals surface area contributed by atoms with E-state index in [1.165, 1.54) is 0 Å². The SMILES string of the molecule is C/C(=N\NC(=S)Nc1ccccc1I)c1ccccn1. The van der Waals surface area contributed by atoms with Gasteiger partial charge in [-0.3, -0.25) is 10.4 Å². The first-order chi connectivity index (χ1) is 9.66. The Morgan fingerprint density at radius 3 is 2.65 bits per heavy atom. The van der Waals surface area contributed by atoms with E-state index in [-0.39, 0.29) is 0 Å². The largest absolute Gasteiger partial charge is 0.330 e. The average Bonchev–Trinajstić information content (AvgIpc) is 2.48. The quantitative estimate of drug-likeness (QED) is 0.362. The molecule has 0 aliphatic heterocycles. The molecular formula is C14H13IN4S. The fraction of sp³-hybridized carbons (Fsp3) is 0.0714. The van der Waals surface area contributed by atoms with E-state index in [2.05, 4.69) is 43.4 Å². The van der Waals surface area contributed by atoms with Crippen molar-refractivity contribution in [3.05, 3.63) is 57.9 Å². The van der Waals surface area contributed by atoms with Crippen LogP contribution in [-0.4, -0.2) is 15.8 Å². The topological polar surface area (TPSA) is 49.3 Å². The van der Waals surface area contributed by atoms with Crippen LogP contribution in [0.1, 0.15) is 12.6 Å². The van der Waals surface area contributed by atoms with Gasteiger partial charge in [0.1, 0.15) is 0 Å². The number of thiocarbonyl (C=S) groups is 1. The number of hydrazone groups is 1. The van der Waals surface area contributed by atoms with Gasteiger partial charge >= 0.3 is 0 Å². The summed E-state index contributed by atoms with van der Waals surface area (Å²) < 4.78 is 1.10. The third kappa shape index (κ3) is 4.24. The predicted molar refractivity (Wildman–Crippen MR) is 95.0 cm³/mol. The average molecular weight is 396 g/mol. The van der Waals surface area contributed by atoms with Gasteiger partial charge in [0.25, 0.3) is 0 Å². The van der Waals surface area contributed by atoms with Crippen molar-refractivity contribution in [3.8, 4) is 0 Å². The lowest BCUT2D eigenvalue weighted by Crippen LogP contribution is -2.25. The normalized spacial score (nSPS) is 11.0. The monoisotopic (exact) mass is 396 g/mol. The molecule has 2 rings (SSSR count). The molecule has 0 spiro atoms. The third-order valence-electron chi connectivity index (χ3n) is 2.48. The van der Waals surface area contributed by atoms with E-state index < -0.39 is 0 Å². The Morgan fingerprint density at radius 2 is 1.95 bits per heavy atom.